The average Bonchev–Trinajstić information content (AvgIpc) is 2.28. The van der Waals surface area contributed by atoms with Gasteiger partial charge in [0, 0.05) is 12.8 Å². The number of carbonyl (C=O) groups excluding carboxylic acids is 1. The molecule has 0 atom stereocenters. The van der Waals surface area contributed by atoms with Gasteiger partial charge in [0.05, 0.1) is 7.11 Å². The van der Waals surface area contributed by atoms with Crippen molar-refractivity contribution in [1.29, 1.82) is 0 Å². The maximum Gasteiger partial charge on any atom is 0.256 e. The molecule has 0 radical (unpaired) electrons. The van der Waals surface area contributed by atoms with Crippen molar-refractivity contribution >= 4 is 11.6 Å². The summed E-state index contributed by atoms with van der Waals surface area (Å²) in [6, 6.07) is 3.77. The largest absolute Gasteiger partial charge is 0.496 e. The van der Waals surface area contributed by atoms with Crippen LogP contribution in [0.1, 0.15) is 25.0 Å². The van der Waals surface area contributed by atoms with Gasteiger partial charge in [-0.05, 0) is 51.0 Å². The summed E-state index contributed by atoms with van der Waals surface area (Å²) in [5.41, 5.74) is 1.88. The van der Waals surface area contributed by atoms with Gasteiger partial charge in [0.15, 0.2) is 0 Å². The van der Waals surface area contributed by atoms with Gasteiger partial charge < -0.3 is 14.8 Å². The molecule has 1 aromatic rings. The molecule has 0 aliphatic heterocycles. The molecule has 1 amide bonds. The van der Waals surface area contributed by atoms with Crippen LogP contribution in [0.5, 0.6) is 5.75 Å². The van der Waals surface area contributed by atoms with Gasteiger partial charge in [-0.3, -0.25) is 4.79 Å². The van der Waals surface area contributed by atoms with Crippen LogP contribution in [-0.2, 0) is 9.53 Å². The Morgan fingerprint density at radius 3 is 2.06 bits per heavy atom. The Morgan fingerprint density at radius 2 is 1.67 bits per heavy atom. The highest BCUT2D eigenvalue weighted by Gasteiger charge is 2.27. The lowest BCUT2D eigenvalue weighted by Gasteiger charge is -2.22. The van der Waals surface area contributed by atoms with Crippen LogP contribution in [0.2, 0.25) is 0 Å². The van der Waals surface area contributed by atoms with Crippen LogP contribution in [0, 0.1) is 13.8 Å². The third-order valence-corrected chi connectivity index (χ3v) is 2.98. The summed E-state index contributed by atoms with van der Waals surface area (Å²) in [5.74, 6) is 0.674. The molecule has 0 fully saturated rings. The van der Waals surface area contributed by atoms with E-state index in [4.69, 9.17) is 9.47 Å². The van der Waals surface area contributed by atoms with Crippen LogP contribution in [0.3, 0.4) is 0 Å². The highest BCUT2D eigenvalue weighted by molar-refractivity contribution is 5.97. The molecule has 0 saturated carbocycles. The second kappa shape index (κ2) is 5.40. The number of carbonyl (C=O) groups is 1. The fourth-order valence-electron chi connectivity index (χ4n) is 1.72. The van der Waals surface area contributed by atoms with Gasteiger partial charge in [0.2, 0.25) is 0 Å². The number of rotatable bonds is 4. The highest BCUT2D eigenvalue weighted by Crippen LogP contribution is 2.27. The first kappa shape index (κ1) is 14.5. The second-order valence-electron chi connectivity index (χ2n) is 4.81. The van der Waals surface area contributed by atoms with E-state index in [0.29, 0.717) is 0 Å². The van der Waals surface area contributed by atoms with E-state index in [9.17, 15) is 4.79 Å². The standard InChI is InChI=1S/C14H21NO3/c1-9-7-11(8-10(2)12(9)17-5)15-13(16)14(3,4)18-6/h7-8H,1-6H3,(H,15,16). The molecule has 18 heavy (non-hydrogen) atoms. The summed E-state index contributed by atoms with van der Waals surface area (Å²) in [6.45, 7) is 7.35. The van der Waals surface area contributed by atoms with Crippen molar-refractivity contribution in [3.05, 3.63) is 23.3 Å². The van der Waals surface area contributed by atoms with Crippen molar-refractivity contribution in [3.63, 3.8) is 0 Å². The average molecular weight is 251 g/mol. The molecule has 4 nitrogen and oxygen atoms in total. The predicted octanol–water partition coefficient (Wildman–Crippen LogP) is 2.68. The number of nitrogens with one attached hydrogen (secondary N) is 1. The summed E-state index contributed by atoms with van der Waals surface area (Å²) in [6.07, 6.45) is 0. The third kappa shape index (κ3) is 3.01. The minimum Gasteiger partial charge on any atom is -0.496 e. The fourth-order valence-corrected chi connectivity index (χ4v) is 1.72. The lowest BCUT2D eigenvalue weighted by Crippen LogP contribution is -2.38. The van der Waals surface area contributed by atoms with Crippen LogP contribution in [-0.4, -0.2) is 25.7 Å². The summed E-state index contributed by atoms with van der Waals surface area (Å²) in [4.78, 5) is 12.0. The molecule has 0 bridgehead atoms. The number of ether oxygens (including phenoxy) is 2. The number of hydrogen-bond acceptors (Lipinski definition) is 3. The third-order valence-electron chi connectivity index (χ3n) is 2.98. The van der Waals surface area contributed by atoms with Crippen LogP contribution >= 0.6 is 0 Å². The molecule has 1 rings (SSSR count). The van der Waals surface area contributed by atoms with E-state index in [2.05, 4.69) is 5.32 Å². The number of amides is 1. The van der Waals surface area contributed by atoms with E-state index in [1.807, 2.05) is 26.0 Å². The summed E-state index contributed by atoms with van der Waals surface area (Å²) in [7, 11) is 3.16. The molecule has 0 heterocycles. The summed E-state index contributed by atoms with van der Waals surface area (Å²) in [5, 5.41) is 2.85. The van der Waals surface area contributed by atoms with Gasteiger partial charge in [0.1, 0.15) is 11.4 Å². The van der Waals surface area contributed by atoms with Crippen molar-refractivity contribution in [2.75, 3.05) is 19.5 Å². The molecule has 0 saturated heterocycles. The monoisotopic (exact) mass is 251 g/mol. The topological polar surface area (TPSA) is 47.6 Å². The normalized spacial score (nSPS) is 11.2. The number of anilines is 1. The van der Waals surface area contributed by atoms with E-state index < -0.39 is 5.60 Å². The molecule has 0 aromatic heterocycles. The molecule has 0 aliphatic carbocycles. The maximum absolute atomic E-state index is 12.0. The number of hydrogen-bond donors (Lipinski definition) is 1. The Balaban J connectivity index is 2.97. The molecule has 0 unspecified atom stereocenters. The minimum atomic E-state index is -0.845. The first-order chi connectivity index (χ1) is 8.31. The van der Waals surface area contributed by atoms with Crippen LogP contribution in [0.4, 0.5) is 5.69 Å². The van der Waals surface area contributed by atoms with Crippen LogP contribution < -0.4 is 10.1 Å². The first-order valence-electron chi connectivity index (χ1n) is 5.83. The second-order valence-corrected chi connectivity index (χ2v) is 4.81. The zero-order valence-corrected chi connectivity index (χ0v) is 11.9. The molecule has 4 heteroatoms. The molecule has 100 valence electrons. The van der Waals surface area contributed by atoms with Gasteiger partial charge in [-0.25, -0.2) is 0 Å². The Kier molecular flexibility index (Phi) is 4.35. The number of methoxy groups -OCH3 is 2. The van der Waals surface area contributed by atoms with E-state index in [-0.39, 0.29) is 5.91 Å². The lowest BCUT2D eigenvalue weighted by molar-refractivity contribution is -0.133. The zero-order chi connectivity index (χ0) is 13.9. The van der Waals surface area contributed by atoms with Crippen molar-refractivity contribution in [2.24, 2.45) is 0 Å². The molecule has 0 aliphatic rings. The molecular weight excluding hydrogens is 230 g/mol. The van der Waals surface area contributed by atoms with E-state index in [1.54, 1.807) is 21.0 Å². The Bertz CT molecular complexity index is 429. The van der Waals surface area contributed by atoms with Crippen molar-refractivity contribution in [3.8, 4) is 5.75 Å². The summed E-state index contributed by atoms with van der Waals surface area (Å²) < 4.78 is 10.4. The Hall–Kier alpha value is -1.55. The van der Waals surface area contributed by atoms with E-state index >= 15 is 0 Å². The number of benzene rings is 1. The van der Waals surface area contributed by atoms with Gasteiger partial charge in [-0.15, -0.1) is 0 Å². The molecule has 0 spiro atoms. The van der Waals surface area contributed by atoms with Gasteiger partial charge in [-0.1, -0.05) is 0 Å². The first-order valence-corrected chi connectivity index (χ1v) is 5.83. The predicted molar refractivity (Wildman–Crippen MR) is 72.2 cm³/mol. The van der Waals surface area contributed by atoms with Gasteiger partial charge in [-0.2, -0.15) is 0 Å². The van der Waals surface area contributed by atoms with Crippen molar-refractivity contribution in [1.82, 2.24) is 0 Å². The molecule has 1 aromatic carbocycles. The fraction of sp³-hybridized carbons (Fsp3) is 0.500. The van der Waals surface area contributed by atoms with Crippen LogP contribution in [0.15, 0.2) is 12.1 Å². The Labute approximate surface area is 108 Å². The smallest absolute Gasteiger partial charge is 0.256 e. The van der Waals surface area contributed by atoms with Gasteiger partial charge in [0.25, 0.3) is 5.91 Å². The van der Waals surface area contributed by atoms with Crippen molar-refractivity contribution < 1.29 is 14.3 Å². The van der Waals surface area contributed by atoms with Crippen LogP contribution in [0.25, 0.3) is 0 Å². The van der Waals surface area contributed by atoms with Gasteiger partial charge >= 0.3 is 0 Å². The van der Waals surface area contributed by atoms with E-state index in [0.717, 1.165) is 22.6 Å². The Morgan fingerprint density at radius 1 is 1.17 bits per heavy atom. The minimum absolute atomic E-state index is 0.172. The molecule has 1 N–H and O–H groups in total. The summed E-state index contributed by atoms with van der Waals surface area (Å²) >= 11 is 0. The van der Waals surface area contributed by atoms with E-state index in [1.165, 1.54) is 7.11 Å². The SMILES string of the molecule is COc1c(C)cc(NC(=O)C(C)(C)OC)cc1C. The highest BCUT2D eigenvalue weighted by atomic mass is 16.5. The van der Waals surface area contributed by atoms with Crippen molar-refractivity contribution in [2.45, 2.75) is 33.3 Å². The quantitative estimate of drug-likeness (QED) is 0.895. The zero-order valence-electron chi connectivity index (χ0n) is 11.9. The molecular formula is C14H21NO3. The maximum atomic E-state index is 12.0. The number of aryl methyl sites for hydroxylation is 2. The lowest BCUT2D eigenvalue weighted by atomic mass is 10.1.